The molecule has 236 valence electrons. The minimum atomic E-state index is -4.55. The number of carboxylic acids is 1. The third-order valence-corrected chi connectivity index (χ3v) is 8.56. The van der Waals surface area contributed by atoms with Gasteiger partial charge in [-0.2, -0.15) is 13.2 Å². The Bertz CT molecular complexity index is 1300. The predicted octanol–water partition coefficient (Wildman–Crippen LogP) is 5.36. The second kappa shape index (κ2) is 12.7. The van der Waals surface area contributed by atoms with Gasteiger partial charge in [0.15, 0.2) is 0 Å². The number of carbonyl (C=O) groups is 2. The number of carbonyl (C=O) groups excluding carboxylic acids is 1. The Morgan fingerprint density at radius 1 is 1.14 bits per heavy atom. The number of nitrogens with one attached hydrogen (secondary N) is 1. The number of hydrogen-bond acceptors (Lipinski definition) is 6. The van der Waals surface area contributed by atoms with Crippen LogP contribution in [0.1, 0.15) is 56.3 Å². The molecule has 2 aromatic rings. The Labute approximate surface area is 251 Å². The molecule has 4 rings (SSSR count). The van der Waals surface area contributed by atoms with Gasteiger partial charge < -0.3 is 29.7 Å². The summed E-state index contributed by atoms with van der Waals surface area (Å²) < 4.78 is 51.9. The summed E-state index contributed by atoms with van der Waals surface area (Å²) in [4.78, 5) is 30.9. The smallest absolute Gasteiger partial charge is 0.416 e. The fourth-order valence-electron chi connectivity index (χ4n) is 6.66. The summed E-state index contributed by atoms with van der Waals surface area (Å²) in [5.74, 6) is -2.24. The van der Waals surface area contributed by atoms with Crippen LogP contribution in [-0.2, 0) is 27.0 Å². The summed E-state index contributed by atoms with van der Waals surface area (Å²) in [6.07, 6.45) is -3.26. The van der Waals surface area contributed by atoms with E-state index in [1.54, 1.807) is 0 Å². The lowest BCUT2D eigenvalue weighted by atomic mass is 9.72. The highest BCUT2D eigenvalue weighted by Crippen LogP contribution is 2.50. The van der Waals surface area contributed by atoms with E-state index in [2.05, 4.69) is 5.32 Å². The fourth-order valence-corrected chi connectivity index (χ4v) is 6.66. The van der Waals surface area contributed by atoms with Crippen molar-refractivity contribution in [3.8, 4) is 5.75 Å². The zero-order chi connectivity index (χ0) is 31.7. The van der Waals surface area contributed by atoms with E-state index in [9.17, 15) is 27.9 Å². The molecule has 0 spiro atoms. The fraction of sp³-hybridized carbons (Fsp3) is 0.562. The lowest BCUT2D eigenvalue weighted by Gasteiger charge is -2.36. The van der Waals surface area contributed by atoms with Crippen LogP contribution >= 0.6 is 0 Å². The zero-order valence-electron chi connectivity index (χ0n) is 25.6. The van der Waals surface area contributed by atoms with E-state index in [4.69, 9.17) is 9.47 Å². The van der Waals surface area contributed by atoms with E-state index >= 15 is 0 Å². The van der Waals surface area contributed by atoms with E-state index < -0.39 is 53.1 Å². The van der Waals surface area contributed by atoms with Crippen molar-refractivity contribution >= 4 is 17.6 Å². The van der Waals surface area contributed by atoms with Crippen LogP contribution in [0.15, 0.2) is 42.5 Å². The molecule has 2 aromatic carbocycles. The number of amides is 1. The van der Waals surface area contributed by atoms with Crippen molar-refractivity contribution in [3.05, 3.63) is 59.2 Å². The van der Waals surface area contributed by atoms with E-state index in [-0.39, 0.29) is 30.4 Å². The molecule has 8 nitrogen and oxygen atoms in total. The molecule has 0 bridgehead atoms. The number of anilines is 1. The van der Waals surface area contributed by atoms with E-state index in [1.807, 2.05) is 64.0 Å². The maximum atomic E-state index is 14.3. The van der Waals surface area contributed by atoms with E-state index in [0.29, 0.717) is 19.4 Å². The van der Waals surface area contributed by atoms with Crippen LogP contribution in [0.3, 0.4) is 0 Å². The number of hydrogen-bond donors (Lipinski definition) is 2. The maximum Gasteiger partial charge on any atom is 0.416 e. The number of alkyl halides is 3. The summed E-state index contributed by atoms with van der Waals surface area (Å²) in [6.45, 7) is 6.52. The first kappa shape index (κ1) is 32.6. The Kier molecular flexibility index (Phi) is 9.66. The first-order chi connectivity index (χ1) is 20.2. The first-order valence-corrected chi connectivity index (χ1v) is 14.5. The van der Waals surface area contributed by atoms with Crippen molar-refractivity contribution in [1.82, 2.24) is 10.2 Å². The average molecular weight is 606 g/mol. The SMILES string of the molecule is COc1ccc(C(F)(F)F)cc1CN[C@@H]1[C@@H](C(C)(C)C)[C@H](C(=O)O)N(C(=O)C2CCCOC2)[C@@H]1c1ccccc1N(C)C. The van der Waals surface area contributed by atoms with Crippen molar-refractivity contribution in [3.63, 3.8) is 0 Å². The monoisotopic (exact) mass is 605 g/mol. The molecule has 0 aliphatic carbocycles. The lowest BCUT2D eigenvalue weighted by Crippen LogP contribution is -2.50. The van der Waals surface area contributed by atoms with Gasteiger partial charge in [0.1, 0.15) is 11.8 Å². The second-order valence-electron chi connectivity index (χ2n) is 12.7. The van der Waals surface area contributed by atoms with E-state index in [1.165, 1.54) is 18.1 Å². The van der Waals surface area contributed by atoms with Crippen LogP contribution in [0.4, 0.5) is 18.9 Å². The minimum absolute atomic E-state index is 0.0358. The molecule has 2 aliphatic heterocycles. The van der Waals surface area contributed by atoms with Crippen LogP contribution in [0.5, 0.6) is 5.75 Å². The first-order valence-electron chi connectivity index (χ1n) is 14.5. The lowest BCUT2D eigenvalue weighted by molar-refractivity contribution is -0.156. The highest BCUT2D eigenvalue weighted by Gasteiger charge is 2.59. The molecular formula is C32H42F3N3O5. The number of nitrogens with zero attached hydrogens (tertiary/aromatic N) is 2. The highest BCUT2D eigenvalue weighted by atomic mass is 19.4. The molecule has 5 atom stereocenters. The molecule has 1 amide bonds. The quantitative estimate of drug-likeness (QED) is 0.419. The van der Waals surface area contributed by atoms with Crippen molar-refractivity contribution in [2.24, 2.45) is 17.3 Å². The molecule has 0 saturated carbocycles. The Hall–Kier alpha value is -3.31. The number of methoxy groups -OCH3 is 1. The summed E-state index contributed by atoms with van der Waals surface area (Å²) in [6, 6.07) is 8.29. The van der Waals surface area contributed by atoms with Gasteiger partial charge in [0.2, 0.25) is 5.91 Å². The largest absolute Gasteiger partial charge is 0.496 e. The summed E-state index contributed by atoms with van der Waals surface area (Å²) >= 11 is 0. The van der Waals surface area contributed by atoms with Crippen LogP contribution in [0, 0.1) is 17.3 Å². The van der Waals surface area contributed by atoms with Gasteiger partial charge in [0.25, 0.3) is 0 Å². The molecule has 2 N–H and O–H groups in total. The Morgan fingerprint density at radius 2 is 1.84 bits per heavy atom. The van der Waals surface area contributed by atoms with Gasteiger partial charge >= 0.3 is 12.1 Å². The van der Waals surface area contributed by atoms with Gasteiger partial charge in [0, 0.05) is 50.5 Å². The molecule has 0 aromatic heterocycles. The third kappa shape index (κ3) is 6.77. The number of rotatable bonds is 8. The standard InChI is InChI=1S/C32H42F3N3O5/c1-31(2,3)25-26(36-17-20-16-21(32(33,34)35)13-14-24(20)42-6)27(22-11-7-8-12-23(22)37(4)5)38(28(25)30(40)41)29(39)19-10-9-15-43-18-19/h7-8,11-14,16,19,25-28,36H,9-10,15,17-18H2,1-6H3,(H,40,41)/t19?,25-,26-,27-,28-/m1/s1. The van der Waals surface area contributed by atoms with Crippen molar-refractivity contribution in [1.29, 1.82) is 0 Å². The molecule has 2 aliphatic rings. The van der Waals surface area contributed by atoms with Crippen LogP contribution < -0.4 is 15.0 Å². The van der Waals surface area contributed by atoms with Crippen LogP contribution in [0.25, 0.3) is 0 Å². The van der Waals surface area contributed by atoms with Crippen LogP contribution in [0.2, 0.25) is 0 Å². The minimum Gasteiger partial charge on any atom is -0.496 e. The summed E-state index contributed by atoms with van der Waals surface area (Å²) in [5, 5.41) is 14.2. The number of ether oxygens (including phenoxy) is 2. The molecule has 43 heavy (non-hydrogen) atoms. The number of carboxylic acid groups (broad SMARTS) is 1. The number of aliphatic carboxylic acids is 1. The molecule has 0 radical (unpaired) electrons. The van der Waals surface area contributed by atoms with Gasteiger partial charge in [-0.05, 0) is 48.1 Å². The number of halogens is 3. The molecule has 1 unspecified atom stereocenters. The van der Waals surface area contributed by atoms with Crippen molar-refractivity contribution < 1.29 is 37.3 Å². The van der Waals surface area contributed by atoms with Crippen molar-refractivity contribution in [2.75, 3.05) is 39.3 Å². The molecule has 2 fully saturated rings. The topological polar surface area (TPSA) is 91.3 Å². The predicted molar refractivity (Wildman–Crippen MR) is 157 cm³/mol. The molecule has 2 saturated heterocycles. The van der Waals surface area contributed by atoms with Gasteiger partial charge in [-0.15, -0.1) is 0 Å². The summed E-state index contributed by atoms with van der Waals surface area (Å²) in [7, 11) is 5.14. The second-order valence-corrected chi connectivity index (χ2v) is 12.7. The van der Waals surface area contributed by atoms with Gasteiger partial charge in [-0.3, -0.25) is 4.79 Å². The average Bonchev–Trinajstić information content (AvgIpc) is 3.31. The van der Waals surface area contributed by atoms with Crippen molar-refractivity contribution in [2.45, 2.75) is 64.5 Å². The Balaban J connectivity index is 1.89. The van der Waals surface area contributed by atoms with Crippen LogP contribution in [-0.4, -0.2) is 68.4 Å². The van der Waals surface area contributed by atoms with Gasteiger partial charge in [-0.1, -0.05) is 39.0 Å². The third-order valence-electron chi connectivity index (χ3n) is 8.56. The molecule has 2 heterocycles. The number of likely N-dealkylation sites (tertiary alicyclic amines) is 1. The Morgan fingerprint density at radius 3 is 2.40 bits per heavy atom. The number of para-hydroxylation sites is 1. The summed E-state index contributed by atoms with van der Waals surface area (Å²) in [5.41, 5.74) is 0.427. The zero-order valence-corrected chi connectivity index (χ0v) is 25.6. The van der Waals surface area contributed by atoms with E-state index in [0.717, 1.165) is 23.4 Å². The molecule has 11 heteroatoms. The number of benzene rings is 2. The molecular weight excluding hydrogens is 563 g/mol. The normalized spacial score (nSPS) is 24.6. The maximum absolute atomic E-state index is 14.3. The van der Waals surface area contributed by atoms with Gasteiger partial charge in [-0.25, -0.2) is 4.79 Å². The van der Waals surface area contributed by atoms with Gasteiger partial charge in [0.05, 0.1) is 31.2 Å². The highest BCUT2D eigenvalue weighted by molar-refractivity contribution is 5.87.